The van der Waals surface area contributed by atoms with Crippen LogP contribution in [0.2, 0.25) is 0 Å². The minimum atomic E-state index is -0.572. The second-order valence-corrected chi connectivity index (χ2v) is 3.58. The zero-order chi connectivity index (χ0) is 8.91. The molecule has 1 atom stereocenters. The molecule has 0 aliphatic rings. The van der Waals surface area contributed by atoms with E-state index in [2.05, 4.69) is 6.58 Å². The normalized spacial score (nSPS) is 16.0. The number of aliphatic hydroxyl groups excluding tert-OH is 2. The summed E-state index contributed by atoms with van der Waals surface area (Å²) in [4.78, 5) is -0.572. The molecule has 0 rings (SSSR count). The van der Waals surface area contributed by atoms with Crippen molar-refractivity contribution in [2.75, 3.05) is 13.2 Å². The van der Waals surface area contributed by atoms with Crippen molar-refractivity contribution in [3.63, 3.8) is 0 Å². The van der Waals surface area contributed by atoms with Crippen LogP contribution >= 0.6 is 11.6 Å². The van der Waals surface area contributed by atoms with Crippen molar-refractivity contribution in [2.24, 2.45) is 0 Å². The van der Waals surface area contributed by atoms with Crippen LogP contribution in [0.25, 0.3) is 0 Å². The number of hydrogen-bond acceptors (Lipinski definition) is 2. The van der Waals surface area contributed by atoms with E-state index in [-0.39, 0.29) is 13.2 Å². The second kappa shape index (κ2) is 4.75. The molecule has 1 unspecified atom stereocenters. The van der Waals surface area contributed by atoms with E-state index in [1.54, 1.807) is 6.92 Å². The fourth-order valence-electron chi connectivity index (χ4n) is 0.782. The Kier molecular flexibility index (Phi) is 4.73. The van der Waals surface area contributed by atoms with Crippen molar-refractivity contribution in [1.29, 1.82) is 0 Å². The zero-order valence-corrected chi connectivity index (χ0v) is 7.56. The molecular formula is C8H15ClO2. The molecule has 0 heterocycles. The molecule has 3 heteroatoms. The third kappa shape index (κ3) is 3.75. The van der Waals surface area contributed by atoms with E-state index in [4.69, 9.17) is 21.8 Å². The number of hydrogen-bond donors (Lipinski definition) is 2. The Labute approximate surface area is 72.5 Å². The average molecular weight is 179 g/mol. The summed E-state index contributed by atoms with van der Waals surface area (Å²) < 4.78 is 0. The van der Waals surface area contributed by atoms with Gasteiger partial charge >= 0.3 is 0 Å². The molecule has 66 valence electrons. The molecule has 0 aromatic rings. The van der Waals surface area contributed by atoms with Crippen LogP contribution in [0, 0.1) is 0 Å². The summed E-state index contributed by atoms with van der Waals surface area (Å²) in [6.07, 6.45) is 0.980. The van der Waals surface area contributed by atoms with Crippen LogP contribution < -0.4 is 0 Å². The van der Waals surface area contributed by atoms with Gasteiger partial charge in [0.25, 0.3) is 0 Å². The van der Waals surface area contributed by atoms with Crippen LogP contribution in [0.15, 0.2) is 12.2 Å². The van der Waals surface area contributed by atoms with Crippen LogP contribution in [0.1, 0.15) is 19.8 Å². The van der Waals surface area contributed by atoms with E-state index in [9.17, 15) is 0 Å². The Morgan fingerprint density at radius 1 is 1.45 bits per heavy atom. The third-order valence-corrected chi connectivity index (χ3v) is 2.19. The molecule has 0 aliphatic carbocycles. The quantitative estimate of drug-likeness (QED) is 0.492. The molecule has 0 radical (unpaired) electrons. The van der Waals surface area contributed by atoms with Crippen molar-refractivity contribution in [2.45, 2.75) is 24.6 Å². The lowest BCUT2D eigenvalue weighted by Gasteiger charge is -2.23. The highest BCUT2D eigenvalue weighted by Gasteiger charge is 2.22. The predicted octanol–water partition coefficient (Wildman–Crippen LogP) is 1.30. The largest absolute Gasteiger partial charge is 0.396 e. The lowest BCUT2D eigenvalue weighted by molar-refractivity contribution is 0.268. The lowest BCUT2D eigenvalue weighted by atomic mass is 9.96. The van der Waals surface area contributed by atoms with Gasteiger partial charge in [0, 0.05) is 13.2 Å². The molecule has 11 heavy (non-hydrogen) atoms. The monoisotopic (exact) mass is 178 g/mol. The standard InChI is InChI=1S/C8H15ClO2/c1-7(3-5-10)8(2,9)4-6-11/h10-11H,1,3-6H2,2H3. The molecule has 0 spiro atoms. The Morgan fingerprint density at radius 3 is 2.36 bits per heavy atom. The van der Waals surface area contributed by atoms with Gasteiger partial charge in [0.1, 0.15) is 0 Å². The van der Waals surface area contributed by atoms with Gasteiger partial charge in [0.05, 0.1) is 4.87 Å². The highest BCUT2D eigenvalue weighted by Crippen LogP contribution is 2.28. The zero-order valence-electron chi connectivity index (χ0n) is 6.81. The van der Waals surface area contributed by atoms with Gasteiger partial charge in [0.2, 0.25) is 0 Å². The number of rotatable bonds is 5. The summed E-state index contributed by atoms with van der Waals surface area (Å²) in [7, 11) is 0. The molecule has 0 aliphatic heterocycles. The minimum Gasteiger partial charge on any atom is -0.396 e. The van der Waals surface area contributed by atoms with Crippen molar-refractivity contribution >= 4 is 11.6 Å². The molecule has 0 saturated carbocycles. The van der Waals surface area contributed by atoms with Gasteiger partial charge in [-0.1, -0.05) is 12.2 Å². The van der Waals surface area contributed by atoms with Crippen molar-refractivity contribution in [1.82, 2.24) is 0 Å². The van der Waals surface area contributed by atoms with Crippen LogP contribution in [0.3, 0.4) is 0 Å². The Hall–Kier alpha value is -0.0500. The Bertz CT molecular complexity index is 132. The van der Waals surface area contributed by atoms with Gasteiger partial charge in [-0.15, -0.1) is 11.6 Å². The summed E-state index contributed by atoms with van der Waals surface area (Å²) in [5, 5.41) is 17.2. The summed E-state index contributed by atoms with van der Waals surface area (Å²) in [5.74, 6) is 0. The van der Waals surface area contributed by atoms with E-state index in [0.717, 1.165) is 5.57 Å². The molecule has 2 nitrogen and oxygen atoms in total. The summed E-state index contributed by atoms with van der Waals surface area (Å²) >= 11 is 5.99. The average Bonchev–Trinajstić information content (AvgIpc) is 1.88. The van der Waals surface area contributed by atoms with Gasteiger partial charge in [-0.3, -0.25) is 0 Å². The Morgan fingerprint density at radius 2 is 2.00 bits per heavy atom. The smallest absolute Gasteiger partial charge is 0.0647 e. The fourth-order valence-corrected chi connectivity index (χ4v) is 0.961. The second-order valence-electron chi connectivity index (χ2n) is 2.75. The van der Waals surface area contributed by atoms with Gasteiger partial charge in [-0.2, -0.15) is 0 Å². The number of aliphatic hydroxyl groups is 2. The first-order chi connectivity index (χ1) is 5.04. The highest BCUT2D eigenvalue weighted by molar-refractivity contribution is 6.25. The van der Waals surface area contributed by atoms with Crippen LogP contribution in [0.5, 0.6) is 0 Å². The molecule has 2 N–H and O–H groups in total. The maximum Gasteiger partial charge on any atom is 0.0647 e. The van der Waals surface area contributed by atoms with Gasteiger partial charge in [-0.25, -0.2) is 0 Å². The molecule has 0 aromatic carbocycles. The third-order valence-electron chi connectivity index (χ3n) is 1.73. The molecule has 0 aromatic heterocycles. The van der Waals surface area contributed by atoms with Crippen LogP contribution in [0.4, 0.5) is 0 Å². The maximum atomic E-state index is 8.63. The minimum absolute atomic E-state index is 0.0461. The van der Waals surface area contributed by atoms with Crippen molar-refractivity contribution in [3.05, 3.63) is 12.2 Å². The van der Waals surface area contributed by atoms with Gasteiger partial charge in [0.15, 0.2) is 0 Å². The summed E-state index contributed by atoms with van der Waals surface area (Å²) in [6, 6.07) is 0. The molecule has 0 fully saturated rings. The SMILES string of the molecule is C=C(CCO)C(C)(Cl)CCO. The molecule has 0 bridgehead atoms. The first kappa shape index (κ1) is 11.0. The van der Waals surface area contributed by atoms with E-state index in [1.807, 2.05) is 0 Å². The lowest BCUT2D eigenvalue weighted by Crippen LogP contribution is -2.21. The molecular weight excluding hydrogens is 164 g/mol. The van der Waals surface area contributed by atoms with Crippen LogP contribution in [-0.4, -0.2) is 28.3 Å². The maximum absolute atomic E-state index is 8.63. The first-order valence-electron chi connectivity index (χ1n) is 3.63. The number of alkyl halides is 1. The Balaban J connectivity index is 3.94. The van der Waals surface area contributed by atoms with E-state index < -0.39 is 4.87 Å². The number of halogens is 1. The van der Waals surface area contributed by atoms with Crippen LogP contribution in [-0.2, 0) is 0 Å². The van der Waals surface area contributed by atoms with Gasteiger partial charge in [-0.05, 0) is 19.8 Å². The predicted molar refractivity (Wildman–Crippen MR) is 46.8 cm³/mol. The first-order valence-corrected chi connectivity index (χ1v) is 4.01. The van der Waals surface area contributed by atoms with Crippen molar-refractivity contribution in [3.8, 4) is 0 Å². The fraction of sp³-hybridized carbons (Fsp3) is 0.750. The highest BCUT2D eigenvalue weighted by atomic mass is 35.5. The van der Waals surface area contributed by atoms with E-state index >= 15 is 0 Å². The molecule has 0 saturated heterocycles. The summed E-state index contributed by atoms with van der Waals surface area (Å²) in [6.45, 7) is 5.63. The topological polar surface area (TPSA) is 40.5 Å². The molecule has 0 amide bonds. The summed E-state index contributed by atoms with van der Waals surface area (Å²) in [5.41, 5.74) is 0.774. The van der Waals surface area contributed by atoms with E-state index in [1.165, 1.54) is 0 Å². The van der Waals surface area contributed by atoms with Crippen molar-refractivity contribution < 1.29 is 10.2 Å². The van der Waals surface area contributed by atoms with Gasteiger partial charge < -0.3 is 10.2 Å². The van der Waals surface area contributed by atoms with E-state index in [0.29, 0.717) is 12.8 Å².